The largest absolute Gasteiger partial charge is 0.381 e. The van der Waals surface area contributed by atoms with Gasteiger partial charge in [-0.1, -0.05) is 19.1 Å². The number of hydrogen-bond acceptors (Lipinski definition) is 3. The Kier molecular flexibility index (Phi) is 4.20. The van der Waals surface area contributed by atoms with Crippen molar-refractivity contribution in [2.45, 2.75) is 33.2 Å². The number of anilines is 1. The SMILES string of the molecule is CCCOCCCn1c(N)nc2cccc(C)c21. The molecule has 4 nitrogen and oxygen atoms in total. The Morgan fingerprint density at radius 2 is 2.17 bits per heavy atom. The summed E-state index contributed by atoms with van der Waals surface area (Å²) in [6.45, 7) is 6.67. The van der Waals surface area contributed by atoms with E-state index >= 15 is 0 Å². The van der Waals surface area contributed by atoms with Crippen molar-refractivity contribution >= 4 is 17.0 Å². The summed E-state index contributed by atoms with van der Waals surface area (Å²) in [5.74, 6) is 0.592. The number of nitrogens with two attached hydrogens (primary N) is 1. The zero-order chi connectivity index (χ0) is 13.0. The molecule has 0 aliphatic rings. The van der Waals surface area contributed by atoms with Crippen LogP contribution in [0.1, 0.15) is 25.3 Å². The van der Waals surface area contributed by atoms with Crippen molar-refractivity contribution in [1.29, 1.82) is 0 Å². The summed E-state index contributed by atoms with van der Waals surface area (Å²) in [7, 11) is 0. The molecule has 98 valence electrons. The highest BCUT2D eigenvalue weighted by atomic mass is 16.5. The van der Waals surface area contributed by atoms with E-state index in [1.54, 1.807) is 0 Å². The van der Waals surface area contributed by atoms with Crippen molar-refractivity contribution in [2.75, 3.05) is 18.9 Å². The Labute approximate surface area is 108 Å². The zero-order valence-electron chi connectivity index (χ0n) is 11.1. The molecule has 0 saturated carbocycles. The van der Waals surface area contributed by atoms with Crippen LogP contribution in [0.25, 0.3) is 11.0 Å². The number of aryl methyl sites for hydroxylation is 2. The fourth-order valence-electron chi connectivity index (χ4n) is 2.18. The van der Waals surface area contributed by atoms with Crippen molar-refractivity contribution in [3.05, 3.63) is 23.8 Å². The highest BCUT2D eigenvalue weighted by Crippen LogP contribution is 2.21. The van der Waals surface area contributed by atoms with Gasteiger partial charge < -0.3 is 15.0 Å². The molecule has 0 aliphatic heterocycles. The maximum absolute atomic E-state index is 5.97. The molecular formula is C14H21N3O. The summed E-state index contributed by atoms with van der Waals surface area (Å²) >= 11 is 0. The van der Waals surface area contributed by atoms with Gasteiger partial charge in [-0.25, -0.2) is 4.98 Å². The lowest BCUT2D eigenvalue weighted by molar-refractivity contribution is 0.129. The number of rotatable bonds is 6. The number of nitrogens with zero attached hydrogens (tertiary/aromatic N) is 2. The van der Waals surface area contributed by atoms with E-state index < -0.39 is 0 Å². The maximum Gasteiger partial charge on any atom is 0.201 e. The molecule has 1 aromatic carbocycles. The van der Waals surface area contributed by atoms with E-state index in [0.717, 1.165) is 43.6 Å². The molecule has 2 aromatic rings. The van der Waals surface area contributed by atoms with Crippen LogP contribution in [0.3, 0.4) is 0 Å². The fraction of sp³-hybridized carbons (Fsp3) is 0.500. The lowest BCUT2D eigenvalue weighted by Crippen LogP contribution is -2.07. The second-order valence-electron chi connectivity index (χ2n) is 4.53. The van der Waals surface area contributed by atoms with Gasteiger partial charge in [-0.3, -0.25) is 0 Å². The molecule has 0 bridgehead atoms. The van der Waals surface area contributed by atoms with Crippen molar-refractivity contribution in [2.24, 2.45) is 0 Å². The maximum atomic E-state index is 5.97. The predicted octanol–water partition coefficient (Wildman–Crippen LogP) is 2.74. The van der Waals surface area contributed by atoms with Gasteiger partial charge in [0.25, 0.3) is 0 Å². The predicted molar refractivity (Wildman–Crippen MR) is 74.6 cm³/mol. The molecule has 0 saturated heterocycles. The summed E-state index contributed by atoms with van der Waals surface area (Å²) in [4.78, 5) is 4.39. The topological polar surface area (TPSA) is 53.1 Å². The minimum atomic E-state index is 0.592. The van der Waals surface area contributed by atoms with E-state index in [1.165, 1.54) is 5.56 Å². The molecule has 2 rings (SSSR count). The molecule has 0 unspecified atom stereocenters. The van der Waals surface area contributed by atoms with Crippen molar-refractivity contribution in [3.63, 3.8) is 0 Å². The molecule has 0 spiro atoms. The van der Waals surface area contributed by atoms with E-state index in [-0.39, 0.29) is 0 Å². The lowest BCUT2D eigenvalue weighted by Gasteiger charge is -2.08. The average molecular weight is 247 g/mol. The standard InChI is InChI=1S/C14H21N3O/c1-3-9-18-10-5-8-17-13-11(2)6-4-7-12(13)16-14(17)15/h4,6-7H,3,5,8-10H2,1-2H3,(H2,15,16). The van der Waals surface area contributed by atoms with Crippen LogP contribution in [0.5, 0.6) is 0 Å². The Morgan fingerprint density at radius 1 is 1.33 bits per heavy atom. The Hall–Kier alpha value is -1.55. The molecule has 18 heavy (non-hydrogen) atoms. The number of ether oxygens (including phenoxy) is 1. The fourth-order valence-corrected chi connectivity index (χ4v) is 2.18. The van der Waals surface area contributed by atoms with Gasteiger partial charge in [0.2, 0.25) is 5.95 Å². The van der Waals surface area contributed by atoms with Crippen LogP contribution in [0.2, 0.25) is 0 Å². The van der Waals surface area contributed by atoms with Gasteiger partial charge in [0.1, 0.15) is 0 Å². The third-order valence-corrected chi connectivity index (χ3v) is 3.02. The first-order chi connectivity index (χ1) is 8.74. The normalized spacial score (nSPS) is 11.2. The van der Waals surface area contributed by atoms with Crippen LogP contribution in [0, 0.1) is 6.92 Å². The molecular weight excluding hydrogens is 226 g/mol. The number of benzene rings is 1. The summed E-state index contributed by atoms with van der Waals surface area (Å²) in [5.41, 5.74) is 9.31. The zero-order valence-corrected chi connectivity index (χ0v) is 11.1. The van der Waals surface area contributed by atoms with Crippen LogP contribution in [-0.2, 0) is 11.3 Å². The van der Waals surface area contributed by atoms with Crippen molar-refractivity contribution < 1.29 is 4.74 Å². The van der Waals surface area contributed by atoms with E-state index in [1.807, 2.05) is 12.1 Å². The molecule has 0 aliphatic carbocycles. The van der Waals surface area contributed by atoms with Gasteiger partial charge in [-0.2, -0.15) is 0 Å². The molecule has 1 heterocycles. The molecule has 0 amide bonds. The summed E-state index contributed by atoms with van der Waals surface area (Å²) < 4.78 is 7.57. The number of nitrogen functional groups attached to an aromatic ring is 1. The van der Waals surface area contributed by atoms with Crippen LogP contribution >= 0.6 is 0 Å². The third kappa shape index (κ3) is 2.64. The highest BCUT2D eigenvalue weighted by molar-refractivity contribution is 5.81. The summed E-state index contributed by atoms with van der Waals surface area (Å²) in [6.07, 6.45) is 2.03. The molecule has 1 aromatic heterocycles. The number of aromatic nitrogens is 2. The number of fused-ring (bicyclic) bond motifs is 1. The van der Waals surface area contributed by atoms with E-state index in [0.29, 0.717) is 5.95 Å². The number of hydrogen-bond donors (Lipinski definition) is 1. The smallest absolute Gasteiger partial charge is 0.201 e. The molecule has 2 N–H and O–H groups in total. The van der Waals surface area contributed by atoms with Crippen molar-refractivity contribution in [3.8, 4) is 0 Å². The van der Waals surface area contributed by atoms with Gasteiger partial charge in [0.05, 0.1) is 11.0 Å². The van der Waals surface area contributed by atoms with Gasteiger partial charge in [-0.05, 0) is 31.4 Å². The average Bonchev–Trinajstić information content (AvgIpc) is 2.67. The first kappa shape index (κ1) is 12.9. The van der Waals surface area contributed by atoms with Gasteiger partial charge >= 0.3 is 0 Å². The Balaban J connectivity index is 2.10. The quantitative estimate of drug-likeness (QED) is 0.798. The van der Waals surface area contributed by atoms with E-state index in [4.69, 9.17) is 10.5 Å². The molecule has 4 heteroatoms. The third-order valence-electron chi connectivity index (χ3n) is 3.02. The van der Waals surface area contributed by atoms with Crippen LogP contribution < -0.4 is 5.73 Å². The minimum absolute atomic E-state index is 0.592. The van der Waals surface area contributed by atoms with Gasteiger partial charge in [0.15, 0.2) is 0 Å². The monoisotopic (exact) mass is 247 g/mol. The van der Waals surface area contributed by atoms with E-state index in [9.17, 15) is 0 Å². The number of imidazole rings is 1. The first-order valence-corrected chi connectivity index (χ1v) is 6.53. The van der Waals surface area contributed by atoms with E-state index in [2.05, 4.69) is 29.5 Å². The molecule has 0 fully saturated rings. The van der Waals surface area contributed by atoms with Gasteiger partial charge in [0, 0.05) is 19.8 Å². The van der Waals surface area contributed by atoms with Crippen LogP contribution in [0.15, 0.2) is 18.2 Å². The second-order valence-corrected chi connectivity index (χ2v) is 4.53. The summed E-state index contributed by atoms with van der Waals surface area (Å²) in [5, 5.41) is 0. The first-order valence-electron chi connectivity index (χ1n) is 6.53. The van der Waals surface area contributed by atoms with Crippen LogP contribution in [0.4, 0.5) is 5.95 Å². The van der Waals surface area contributed by atoms with Gasteiger partial charge in [-0.15, -0.1) is 0 Å². The molecule has 0 atom stereocenters. The number of para-hydroxylation sites is 1. The molecule has 0 radical (unpaired) electrons. The lowest BCUT2D eigenvalue weighted by atomic mass is 10.2. The second kappa shape index (κ2) is 5.87. The highest BCUT2D eigenvalue weighted by Gasteiger charge is 2.09. The summed E-state index contributed by atoms with van der Waals surface area (Å²) in [6, 6.07) is 6.11. The Bertz CT molecular complexity index is 519. The Morgan fingerprint density at radius 3 is 2.94 bits per heavy atom. The van der Waals surface area contributed by atoms with Crippen LogP contribution in [-0.4, -0.2) is 22.8 Å². The minimum Gasteiger partial charge on any atom is -0.381 e. The van der Waals surface area contributed by atoms with Crippen molar-refractivity contribution in [1.82, 2.24) is 9.55 Å².